The van der Waals surface area contributed by atoms with Crippen LogP contribution < -0.4 is 0 Å². The second-order valence-electron chi connectivity index (χ2n) is 28.6. The molecule has 3 heteroatoms. The number of benzene rings is 23. The Bertz CT molecular complexity index is 11200. The minimum Gasteiger partial charge on any atom is -0.135 e. The Morgan fingerprint density at radius 2 is 0.512 bits per heavy atom. The quantitative estimate of drug-likeness (QED) is 0.110. The highest BCUT2D eigenvalue weighted by atomic mass is 32.1. The van der Waals surface area contributed by atoms with Crippen molar-refractivity contribution in [3.8, 4) is 77.9 Å². The van der Waals surface area contributed by atoms with Crippen molar-refractivity contribution in [2.24, 2.45) is 0 Å². The van der Waals surface area contributed by atoms with Gasteiger partial charge >= 0.3 is 0 Å². The van der Waals surface area contributed by atoms with Crippen LogP contribution in [0.2, 0.25) is 0 Å². The third-order valence-corrected chi connectivity index (χ3v) is 25.4. The van der Waals surface area contributed by atoms with Gasteiger partial charge in [0.1, 0.15) is 0 Å². The van der Waals surface area contributed by atoms with Crippen LogP contribution in [-0.4, -0.2) is 0 Å². The van der Waals surface area contributed by atoms with Gasteiger partial charge in [-0.05, 0) is 240 Å². The lowest BCUT2D eigenvalue weighted by atomic mass is 9.83. The predicted octanol–water partition coefficient (Wildman–Crippen LogP) is 35.4. The molecule has 23 aromatic carbocycles. The molecule has 0 saturated heterocycles. The van der Waals surface area contributed by atoms with Crippen LogP contribution in [0.4, 0.5) is 0 Å². The highest BCUT2D eigenvalue weighted by Crippen LogP contribution is 2.52. The lowest BCUT2D eigenvalue weighted by Crippen LogP contribution is -1.92. The van der Waals surface area contributed by atoms with Crippen molar-refractivity contribution in [2.45, 2.75) is 0 Å². The number of thiophene rings is 3. The van der Waals surface area contributed by atoms with E-state index in [2.05, 4.69) is 12.1 Å². The summed E-state index contributed by atoms with van der Waals surface area (Å²) in [6.45, 7) is 0. The highest BCUT2D eigenvalue weighted by molar-refractivity contribution is 7.26. The highest BCUT2D eigenvalue weighted by Gasteiger charge is 2.24. The summed E-state index contributed by atoms with van der Waals surface area (Å²) >= 11 is 3.99. The first-order valence-electron chi connectivity index (χ1n) is 59.2. The summed E-state index contributed by atoms with van der Waals surface area (Å²) in [6.07, 6.45) is 0. The number of rotatable bonds is 7. The standard InChI is InChI=1S/C42H26S.C40H24S.C36H22S/c1-2-12-31-28(10-1)11-9-18-34(31)42-37-16-5-3-14-35(37)41(36-15-4-6-17-38(36)42)29-22-20-27(21-23-29)30-24-25-33-32-13-7-8-19-39(32)43-40(33)26-30;1-2-12-27-25(11-1)23-36(29-14-4-3-13-28(27)29)40-33-18-7-5-16-31(33)39(32-17-6-8-19-34(32)40)26-21-22-38-35(24-26)30-15-9-10-20-37(30)41-38;1-2-12-25-23(10-1)11-9-18-27(25)36-30-16-5-3-14-28(30)35(29-15-4-6-17-31(29)36)24-20-21-34-32(22-24)26-13-7-8-19-33(26)37-34/h1-26H;1-24H;1-22H/i1D,2D,3D,4D,5D,6D,7D,8D,9D,10D,11D,12D,13D,14D,15D,16D,17D,18D,19D,20D,21D,22D,23D,24D,25D,26D;5D,6D,7D,8D,16D,17D,18D,19D;3D,4D,5D,6D,14D,15D,16D,17D. The van der Waals surface area contributed by atoms with Crippen LogP contribution >= 0.6 is 34.0 Å². The van der Waals surface area contributed by atoms with E-state index in [0.717, 1.165) is 72.7 Å². The average Bonchev–Trinajstić information content (AvgIpc) is 1.42. The maximum atomic E-state index is 9.51. The van der Waals surface area contributed by atoms with Crippen LogP contribution in [0, 0.1) is 0 Å². The van der Waals surface area contributed by atoms with Gasteiger partial charge in [0.05, 0.1) is 57.6 Å². The van der Waals surface area contributed by atoms with E-state index in [1.807, 2.05) is 170 Å². The smallest absolute Gasteiger partial charge is 0.0644 e. The zero-order valence-corrected chi connectivity index (χ0v) is 65.0. The minimum absolute atomic E-state index is 0.0544. The molecule has 0 bridgehead atoms. The Morgan fingerprint density at radius 1 is 0.149 bits per heavy atom. The van der Waals surface area contributed by atoms with E-state index < -0.39 is 271 Å². The summed E-state index contributed by atoms with van der Waals surface area (Å²) < 4.78 is 381. The molecule has 0 aliphatic rings. The number of hydrogen-bond donors (Lipinski definition) is 0. The summed E-state index contributed by atoms with van der Waals surface area (Å²) in [7, 11) is 0. The van der Waals surface area contributed by atoms with Gasteiger partial charge in [0.15, 0.2) is 0 Å². The fourth-order valence-electron chi connectivity index (χ4n) is 16.9. The molecule has 0 atom stereocenters. The Labute approximate surface area is 770 Å². The zero-order valence-electron chi connectivity index (χ0n) is 105. The van der Waals surface area contributed by atoms with E-state index in [1.54, 1.807) is 22.7 Å². The van der Waals surface area contributed by atoms with Crippen LogP contribution in [0.5, 0.6) is 0 Å². The summed E-state index contributed by atoms with van der Waals surface area (Å²) in [5.41, 5.74) is -0.304. The Morgan fingerprint density at radius 3 is 1.06 bits per heavy atom. The SMILES string of the molecule is [2H]c1c([2H])c(-c2c3c([2H])c([2H])c([2H])c([2H])c3c(-c3c([2H])c([2H])c([2H])c4c([2H])c([2H])c([2H])c([2H])c34)c3c([2H])c([2H])c([2H])c([2H])c23)c([2H])c([2H])c1-c1c([2H])c([2H])c2c(sc3c([2H])c([2H])c([2H])c([2H])c32)c1[2H].[2H]c1c([2H])c([2H])c2c(-c3cc4ccccc4c4ccccc34)c3c([2H])c([2H])c([2H])c([2H])c3c(-c3ccc4sc5ccccc5c4c3)c2c1[2H].[2H]c1c([2H])c([2H])c2c(-c3cccc4ccccc34)c3c([2H])c([2H])c([2H])c([2H])c3c(-c3ccc4sc5ccccc5c4c3)c2c1[2H]. The molecule has 0 unspecified atom stereocenters. The first-order chi connectivity index (χ1) is 77.5. The molecule has 0 aliphatic heterocycles. The topological polar surface area (TPSA) is 0 Å². The van der Waals surface area contributed by atoms with Crippen LogP contribution in [0.15, 0.2) is 436 Å². The van der Waals surface area contributed by atoms with Gasteiger partial charge in [-0.3, -0.25) is 0 Å². The molecular weight excluding hydrogens is 1510 g/mol. The Kier molecular flexibility index (Phi) is 9.68. The first kappa shape index (κ1) is 40.2. The second kappa shape index (κ2) is 29.1. The molecular formula is C118H72S3. The van der Waals surface area contributed by atoms with Gasteiger partial charge in [0.2, 0.25) is 0 Å². The molecule has 26 aromatic rings. The molecule has 0 radical (unpaired) electrons. The van der Waals surface area contributed by atoms with E-state index in [4.69, 9.17) is 32.9 Å². The molecule has 0 amide bonds. The van der Waals surface area contributed by atoms with Crippen LogP contribution in [0.1, 0.15) is 57.6 Å². The van der Waals surface area contributed by atoms with Gasteiger partial charge in [-0.25, -0.2) is 0 Å². The van der Waals surface area contributed by atoms with E-state index in [0.29, 0.717) is 55.8 Å². The first-order valence-corrected chi connectivity index (χ1v) is 40.6. The van der Waals surface area contributed by atoms with Gasteiger partial charge in [0, 0.05) is 60.5 Å². The van der Waals surface area contributed by atoms with Gasteiger partial charge in [-0.2, -0.15) is 0 Å². The monoisotopic (exact) mass is 1630 g/mol. The molecule has 0 fully saturated rings. The van der Waals surface area contributed by atoms with E-state index >= 15 is 0 Å². The third-order valence-electron chi connectivity index (χ3n) is 22.1. The molecule has 0 spiro atoms. The van der Waals surface area contributed by atoms with E-state index in [-0.39, 0.29) is 112 Å². The molecule has 3 aromatic heterocycles. The summed E-state index contributed by atoms with van der Waals surface area (Å²) in [5, 5.41) is 6.76. The van der Waals surface area contributed by atoms with E-state index in [9.17, 15) is 24.7 Å². The van der Waals surface area contributed by atoms with Crippen LogP contribution in [-0.2, 0) is 0 Å². The number of hydrogen-bond acceptors (Lipinski definition) is 3. The average molecular weight is 1630 g/mol. The van der Waals surface area contributed by atoms with Crippen LogP contribution in [0.25, 0.3) is 246 Å². The molecule has 0 N–H and O–H groups in total. The van der Waals surface area contributed by atoms with Crippen molar-refractivity contribution in [1.29, 1.82) is 0 Å². The molecule has 0 aliphatic carbocycles. The summed E-state index contributed by atoms with van der Waals surface area (Å²) in [4.78, 5) is 0. The Hall–Kier alpha value is -14.7. The molecule has 0 nitrogen and oxygen atoms in total. The van der Waals surface area contributed by atoms with Crippen molar-refractivity contribution in [3.05, 3.63) is 436 Å². The molecule has 0 saturated carbocycles. The fraction of sp³-hybridized carbons (Fsp3) is 0. The van der Waals surface area contributed by atoms with Crippen molar-refractivity contribution < 1.29 is 57.6 Å². The maximum absolute atomic E-state index is 9.51. The second-order valence-corrected chi connectivity index (χ2v) is 31.8. The van der Waals surface area contributed by atoms with Gasteiger partial charge in [-0.15, -0.1) is 34.0 Å². The van der Waals surface area contributed by atoms with Crippen molar-refractivity contribution in [3.63, 3.8) is 0 Å². The van der Waals surface area contributed by atoms with Crippen molar-refractivity contribution in [2.75, 3.05) is 0 Å². The lowest BCUT2D eigenvalue weighted by molar-refractivity contribution is 1.64. The fourth-order valence-corrected chi connectivity index (χ4v) is 20.1. The third kappa shape index (κ3) is 11.8. The van der Waals surface area contributed by atoms with Crippen molar-refractivity contribution >= 4 is 202 Å². The molecule has 3 heterocycles. The normalized spacial score (nSPS) is 16.7. The minimum atomic E-state index is -1.03. The van der Waals surface area contributed by atoms with Gasteiger partial charge < -0.3 is 0 Å². The maximum Gasteiger partial charge on any atom is 0.0644 e. The molecule has 562 valence electrons. The lowest BCUT2D eigenvalue weighted by Gasteiger charge is -2.19. The van der Waals surface area contributed by atoms with Crippen LogP contribution in [0.3, 0.4) is 0 Å². The predicted molar refractivity (Wildman–Crippen MR) is 531 cm³/mol. The Balaban J connectivity index is 0.000000131. The summed E-state index contributed by atoms with van der Waals surface area (Å²) in [6, 6.07) is 31.2. The van der Waals surface area contributed by atoms with Crippen molar-refractivity contribution in [1.82, 2.24) is 0 Å². The molecule has 121 heavy (non-hydrogen) atoms. The van der Waals surface area contributed by atoms with E-state index in [1.165, 1.54) is 0 Å². The number of fused-ring (bicyclic) bond motifs is 20. The molecule has 26 rings (SSSR count). The van der Waals surface area contributed by atoms with Gasteiger partial charge in [-0.1, -0.05) is 381 Å². The summed E-state index contributed by atoms with van der Waals surface area (Å²) in [5.74, 6) is 0. The van der Waals surface area contributed by atoms with Gasteiger partial charge in [0.25, 0.3) is 0 Å². The largest absolute Gasteiger partial charge is 0.135 e. The zero-order chi connectivity index (χ0) is 116.